The van der Waals surface area contributed by atoms with E-state index >= 15 is 0 Å². The molecule has 0 unspecified atom stereocenters. The molecule has 136 valence electrons. The molecule has 0 atom stereocenters. The van der Waals surface area contributed by atoms with Crippen molar-refractivity contribution in [3.8, 4) is 5.69 Å². The molecule has 4 rings (SSSR count). The second kappa shape index (κ2) is 6.23. The normalized spacial score (nSPS) is 14.5. The Kier molecular flexibility index (Phi) is 4.01. The lowest BCUT2D eigenvalue weighted by molar-refractivity contribution is 0.526. The van der Waals surface area contributed by atoms with Crippen molar-refractivity contribution in [1.29, 1.82) is 0 Å². The van der Waals surface area contributed by atoms with Crippen LogP contribution in [0.2, 0.25) is 0 Å². The van der Waals surface area contributed by atoms with E-state index in [9.17, 15) is 14.0 Å². The van der Waals surface area contributed by atoms with Gasteiger partial charge < -0.3 is 4.57 Å². The molecule has 0 N–H and O–H groups in total. The molecule has 1 saturated carbocycles. The predicted octanol–water partition coefficient (Wildman–Crippen LogP) is 2.55. The standard InChI is InChI=1S/C19H21FN4O2/c1-12(2)9-22-11-21-17-16(22)18(25)23(10-13-3-4-13)19(26)24(17)15-7-5-14(20)6-8-15/h5-8,11-13H,3-4,9-10H2,1-2H3. The molecular weight excluding hydrogens is 335 g/mol. The quantitative estimate of drug-likeness (QED) is 0.706. The molecule has 0 spiro atoms. The van der Waals surface area contributed by atoms with E-state index in [-0.39, 0.29) is 11.4 Å². The first-order valence-corrected chi connectivity index (χ1v) is 8.92. The fourth-order valence-electron chi connectivity index (χ4n) is 3.25. The van der Waals surface area contributed by atoms with Crippen LogP contribution in [0.15, 0.2) is 40.2 Å². The number of fused-ring (bicyclic) bond motifs is 1. The van der Waals surface area contributed by atoms with E-state index in [4.69, 9.17) is 0 Å². The van der Waals surface area contributed by atoms with Crippen LogP contribution < -0.4 is 11.2 Å². The van der Waals surface area contributed by atoms with Gasteiger partial charge in [-0.15, -0.1) is 0 Å². The molecule has 0 radical (unpaired) electrons. The summed E-state index contributed by atoms with van der Waals surface area (Å²) in [5.74, 6) is 0.325. The zero-order valence-electron chi connectivity index (χ0n) is 14.9. The third kappa shape index (κ3) is 2.87. The third-order valence-corrected chi connectivity index (χ3v) is 4.68. The summed E-state index contributed by atoms with van der Waals surface area (Å²) < 4.78 is 17.9. The van der Waals surface area contributed by atoms with Gasteiger partial charge >= 0.3 is 5.69 Å². The Labute approximate surface area is 149 Å². The molecule has 0 amide bonds. The van der Waals surface area contributed by atoms with Crippen molar-refractivity contribution in [2.75, 3.05) is 0 Å². The van der Waals surface area contributed by atoms with E-state index in [1.165, 1.54) is 33.4 Å². The molecule has 1 aromatic carbocycles. The largest absolute Gasteiger partial charge is 0.337 e. The van der Waals surface area contributed by atoms with Gasteiger partial charge in [-0.2, -0.15) is 0 Å². The first kappa shape index (κ1) is 16.8. The van der Waals surface area contributed by atoms with E-state index in [1.54, 1.807) is 6.33 Å². The zero-order chi connectivity index (χ0) is 18.4. The van der Waals surface area contributed by atoms with Gasteiger partial charge in [-0.3, -0.25) is 9.36 Å². The summed E-state index contributed by atoms with van der Waals surface area (Å²) in [7, 11) is 0. The lowest BCUT2D eigenvalue weighted by atomic mass is 10.2. The van der Waals surface area contributed by atoms with Gasteiger partial charge in [0, 0.05) is 13.1 Å². The van der Waals surface area contributed by atoms with Crippen LogP contribution in [-0.2, 0) is 13.1 Å². The van der Waals surface area contributed by atoms with Crippen LogP contribution in [0, 0.1) is 17.7 Å². The summed E-state index contributed by atoms with van der Waals surface area (Å²) in [4.78, 5) is 30.5. The van der Waals surface area contributed by atoms with E-state index in [1.807, 2.05) is 4.57 Å². The average Bonchev–Trinajstić information content (AvgIpc) is 3.33. The van der Waals surface area contributed by atoms with Crippen molar-refractivity contribution < 1.29 is 4.39 Å². The van der Waals surface area contributed by atoms with Crippen molar-refractivity contribution in [2.24, 2.45) is 11.8 Å². The Morgan fingerprint density at radius 3 is 2.50 bits per heavy atom. The molecule has 0 bridgehead atoms. The van der Waals surface area contributed by atoms with E-state index < -0.39 is 5.69 Å². The summed E-state index contributed by atoms with van der Waals surface area (Å²) in [6, 6.07) is 5.66. The summed E-state index contributed by atoms with van der Waals surface area (Å²) in [5.41, 5.74) is 0.521. The monoisotopic (exact) mass is 356 g/mol. The fraction of sp³-hybridized carbons (Fsp3) is 0.421. The summed E-state index contributed by atoms with van der Waals surface area (Å²) >= 11 is 0. The number of hydrogen-bond donors (Lipinski definition) is 0. The highest BCUT2D eigenvalue weighted by Gasteiger charge is 2.26. The summed E-state index contributed by atoms with van der Waals surface area (Å²) in [6.45, 7) is 5.17. The third-order valence-electron chi connectivity index (χ3n) is 4.68. The number of benzene rings is 1. The van der Waals surface area contributed by atoms with Crippen LogP contribution in [0.4, 0.5) is 4.39 Å². The molecule has 1 fully saturated rings. The van der Waals surface area contributed by atoms with E-state index in [0.717, 1.165) is 12.8 Å². The smallest absolute Gasteiger partial charge is 0.324 e. The minimum absolute atomic E-state index is 0.298. The number of nitrogens with zero attached hydrogens (tertiary/aromatic N) is 4. The number of halogens is 1. The van der Waals surface area contributed by atoms with Crippen molar-refractivity contribution >= 4 is 11.2 Å². The average molecular weight is 356 g/mol. The SMILES string of the molecule is CC(C)Cn1cnc2c1c(=O)n(CC1CC1)c(=O)n2-c1ccc(F)cc1. The Hall–Kier alpha value is -2.70. The number of rotatable bonds is 5. The van der Waals surface area contributed by atoms with Gasteiger partial charge in [0.1, 0.15) is 5.82 Å². The Balaban J connectivity index is 2.02. The van der Waals surface area contributed by atoms with Crippen molar-refractivity contribution in [2.45, 2.75) is 39.8 Å². The molecule has 6 nitrogen and oxygen atoms in total. The van der Waals surface area contributed by atoms with Crippen molar-refractivity contribution in [1.82, 2.24) is 18.7 Å². The van der Waals surface area contributed by atoms with Gasteiger partial charge in [0.05, 0.1) is 12.0 Å². The second-order valence-corrected chi connectivity index (χ2v) is 7.42. The van der Waals surface area contributed by atoms with Crippen LogP contribution in [-0.4, -0.2) is 18.7 Å². The predicted molar refractivity (Wildman–Crippen MR) is 97.1 cm³/mol. The number of imidazole rings is 1. The van der Waals surface area contributed by atoms with Gasteiger partial charge in [0.2, 0.25) is 0 Å². The first-order chi connectivity index (χ1) is 12.5. The lowest BCUT2D eigenvalue weighted by Gasteiger charge is -2.13. The second-order valence-electron chi connectivity index (χ2n) is 7.42. The van der Waals surface area contributed by atoms with Gasteiger partial charge in [-0.05, 0) is 48.9 Å². The maximum atomic E-state index is 13.3. The van der Waals surface area contributed by atoms with Crippen LogP contribution in [0.25, 0.3) is 16.9 Å². The maximum Gasteiger partial charge on any atom is 0.337 e. The van der Waals surface area contributed by atoms with Crippen LogP contribution in [0.3, 0.4) is 0 Å². The lowest BCUT2D eigenvalue weighted by Crippen LogP contribution is -2.40. The molecule has 1 aliphatic carbocycles. The Morgan fingerprint density at radius 2 is 1.88 bits per heavy atom. The molecule has 2 heterocycles. The summed E-state index contributed by atoms with van der Waals surface area (Å²) in [6.07, 6.45) is 3.67. The first-order valence-electron chi connectivity index (χ1n) is 8.92. The maximum absolute atomic E-state index is 13.3. The zero-order valence-corrected chi connectivity index (χ0v) is 14.9. The van der Waals surface area contributed by atoms with Gasteiger partial charge in [0.15, 0.2) is 11.2 Å². The number of aromatic nitrogens is 4. The summed E-state index contributed by atoms with van der Waals surface area (Å²) in [5, 5.41) is 0. The number of hydrogen-bond acceptors (Lipinski definition) is 3. The minimum atomic E-state index is -0.421. The molecule has 0 saturated heterocycles. The highest BCUT2D eigenvalue weighted by atomic mass is 19.1. The van der Waals surface area contributed by atoms with Gasteiger partial charge in [0.25, 0.3) is 5.56 Å². The van der Waals surface area contributed by atoms with Gasteiger partial charge in [-0.25, -0.2) is 18.7 Å². The highest BCUT2D eigenvalue weighted by molar-refractivity contribution is 5.72. The molecular formula is C19H21FN4O2. The molecule has 0 aliphatic heterocycles. The molecule has 3 aromatic rings. The molecule has 7 heteroatoms. The van der Waals surface area contributed by atoms with Gasteiger partial charge in [-0.1, -0.05) is 13.8 Å². The fourth-order valence-corrected chi connectivity index (χ4v) is 3.25. The Bertz CT molecular complexity index is 1070. The topological polar surface area (TPSA) is 61.8 Å². The molecule has 26 heavy (non-hydrogen) atoms. The van der Waals surface area contributed by atoms with Crippen LogP contribution in [0.1, 0.15) is 26.7 Å². The molecule has 1 aliphatic rings. The van der Waals surface area contributed by atoms with E-state index in [0.29, 0.717) is 41.8 Å². The van der Waals surface area contributed by atoms with E-state index in [2.05, 4.69) is 18.8 Å². The van der Waals surface area contributed by atoms with Crippen molar-refractivity contribution in [3.05, 3.63) is 57.2 Å². The van der Waals surface area contributed by atoms with Crippen LogP contribution in [0.5, 0.6) is 0 Å². The van der Waals surface area contributed by atoms with Crippen LogP contribution >= 0.6 is 0 Å². The molecule has 2 aromatic heterocycles. The van der Waals surface area contributed by atoms with Crippen molar-refractivity contribution in [3.63, 3.8) is 0 Å². The minimum Gasteiger partial charge on any atom is -0.324 e. The highest BCUT2D eigenvalue weighted by Crippen LogP contribution is 2.29. The Morgan fingerprint density at radius 1 is 1.19 bits per heavy atom.